The maximum Gasteiger partial charge on any atom is 0.297 e. The summed E-state index contributed by atoms with van der Waals surface area (Å²) in [4.78, 5) is 13.4. The van der Waals surface area contributed by atoms with Gasteiger partial charge in [0.2, 0.25) is 0 Å². The van der Waals surface area contributed by atoms with Gasteiger partial charge in [-0.05, 0) is 18.2 Å². The van der Waals surface area contributed by atoms with Gasteiger partial charge in [-0.25, -0.2) is 13.4 Å². The largest absolute Gasteiger partial charge is 0.505 e. The molecule has 0 atom stereocenters. The van der Waals surface area contributed by atoms with E-state index in [9.17, 15) is 23.6 Å². The van der Waals surface area contributed by atoms with Crippen LogP contribution in [-0.4, -0.2) is 23.4 Å². The predicted octanol–water partition coefficient (Wildman–Crippen LogP) is 2.15. The first-order valence-corrected chi connectivity index (χ1v) is 7.28. The number of benzene rings is 1. The van der Waals surface area contributed by atoms with Crippen molar-refractivity contribution in [3.63, 3.8) is 0 Å². The zero-order valence-electron chi connectivity index (χ0n) is 10.2. The molecule has 0 bridgehead atoms. The molecule has 0 aliphatic carbocycles. The second-order valence-corrected chi connectivity index (χ2v) is 5.92. The fraction of sp³-hybridized carbons (Fsp3) is 0. The van der Waals surface area contributed by atoms with Gasteiger partial charge in [0, 0.05) is 12.3 Å². The third kappa shape index (κ3) is 3.20. The summed E-state index contributed by atoms with van der Waals surface area (Å²) in [7, 11) is -4.14. The molecule has 110 valence electrons. The minimum absolute atomic E-state index is 0.0995. The molecule has 0 aliphatic rings. The van der Waals surface area contributed by atoms with Gasteiger partial charge in [0.05, 0.1) is 4.92 Å². The average Bonchev–Trinajstić information content (AvgIpc) is 2.41. The van der Waals surface area contributed by atoms with E-state index >= 15 is 0 Å². The van der Waals surface area contributed by atoms with Gasteiger partial charge in [-0.2, -0.15) is 0 Å². The fourth-order valence-corrected chi connectivity index (χ4v) is 2.65. The Kier molecular flexibility index (Phi) is 3.96. The van der Waals surface area contributed by atoms with Crippen LogP contribution in [0.1, 0.15) is 0 Å². The van der Waals surface area contributed by atoms with Crippen LogP contribution in [0.3, 0.4) is 0 Å². The molecule has 8 nitrogen and oxygen atoms in total. The zero-order chi connectivity index (χ0) is 15.6. The molecule has 0 amide bonds. The predicted molar refractivity (Wildman–Crippen MR) is 74.8 cm³/mol. The number of nitrogens with zero attached hydrogens (tertiary/aromatic N) is 2. The molecule has 21 heavy (non-hydrogen) atoms. The van der Waals surface area contributed by atoms with Gasteiger partial charge in [0.1, 0.15) is 15.8 Å². The van der Waals surface area contributed by atoms with Gasteiger partial charge in [0.25, 0.3) is 15.7 Å². The van der Waals surface area contributed by atoms with Crippen molar-refractivity contribution < 1.29 is 18.4 Å². The number of halogens is 1. The number of aromatic nitrogens is 1. The molecule has 10 heteroatoms. The SMILES string of the molecule is O=[N+]([O-])c1cccc(O)c1NS(=O)(=O)c1ccc(Cl)nc1. The van der Waals surface area contributed by atoms with Gasteiger partial charge < -0.3 is 5.11 Å². The molecule has 2 rings (SSSR count). The van der Waals surface area contributed by atoms with Crippen molar-refractivity contribution in [1.29, 1.82) is 0 Å². The molecule has 2 N–H and O–H groups in total. The van der Waals surface area contributed by atoms with E-state index in [-0.39, 0.29) is 10.0 Å². The van der Waals surface area contributed by atoms with Crippen molar-refractivity contribution in [3.05, 3.63) is 51.8 Å². The smallest absolute Gasteiger partial charge is 0.297 e. The highest BCUT2D eigenvalue weighted by Crippen LogP contribution is 2.34. The van der Waals surface area contributed by atoms with Crippen LogP contribution in [0, 0.1) is 10.1 Å². The number of nitro groups is 1. The van der Waals surface area contributed by atoms with Crippen molar-refractivity contribution in [2.75, 3.05) is 4.72 Å². The van der Waals surface area contributed by atoms with E-state index in [0.717, 1.165) is 18.3 Å². The first-order valence-electron chi connectivity index (χ1n) is 5.42. The second kappa shape index (κ2) is 5.54. The van der Waals surface area contributed by atoms with E-state index in [2.05, 4.69) is 4.98 Å². The zero-order valence-corrected chi connectivity index (χ0v) is 11.8. The Hall–Kier alpha value is -2.39. The van der Waals surface area contributed by atoms with Crippen LogP contribution in [-0.2, 0) is 10.0 Å². The maximum atomic E-state index is 12.1. The lowest BCUT2D eigenvalue weighted by Gasteiger charge is -2.09. The van der Waals surface area contributed by atoms with Crippen molar-refractivity contribution >= 4 is 33.0 Å². The minimum atomic E-state index is -4.14. The lowest BCUT2D eigenvalue weighted by molar-refractivity contribution is -0.383. The number of aromatic hydroxyl groups is 1. The number of hydrogen-bond acceptors (Lipinski definition) is 6. The highest BCUT2D eigenvalue weighted by molar-refractivity contribution is 7.92. The molecule has 1 heterocycles. The Morgan fingerprint density at radius 3 is 2.57 bits per heavy atom. The van der Waals surface area contributed by atoms with Crippen LogP contribution >= 0.6 is 11.6 Å². The Labute approximate surface area is 124 Å². The monoisotopic (exact) mass is 329 g/mol. The molecule has 0 saturated carbocycles. The third-order valence-corrected chi connectivity index (χ3v) is 4.02. The van der Waals surface area contributed by atoms with Gasteiger partial charge in [-0.3, -0.25) is 14.8 Å². The number of pyridine rings is 1. The van der Waals surface area contributed by atoms with Crippen LogP contribution in [0.15, 0.2) is 41.4 Å². The molecular weight excluding hydrogens is 322 g/mol. The van der Waals surface area contributed by atoms with Gasteiger partial charge in [-0.1, -0.05) is 17.7 Å². The normalized spacial score (nSPS) is 11.1. The molecule has 0 unspecified atom stereocenters. The summed E-state index contributed by atoms with van der Waals surface area (Å²) in [6.07, 6.45) is 0.997. The lowest BCUT2D eigenvalue weighted by Crippen LogP contribution is -2.14. The Balaban J connectivity index is 2.46. The van der Waals surface area contributed by atoms with Gasteiger partial charge >= 0.3 is 0 Å². The minimum Gasteiger partial charge on any atom is -0.505 e. The average molecular weight is 330 g/mol. The number of para-hydroxylation sites is 1. The quantitative estimate of drug-likeness (QED) is 0.383. The number of anilines is 1. The fourth-order valence-electron chi connectivity index (χ4n) is 1.50. The first-order chi connectivity index (χ1) is 9.81. The molecule has 0 aliphatic heterocycles. The van der Waals surface area contributed by atoms with Gasteiger partial charge in [0.15, 0.2) is 5.69 Å². The van der Waals surface area contributed by atoms with Crippen LogP contribution < -0.4 is 4.72 Å². The van der Waals surface area contributed by atoms with Crippen molar-refractivity contribution in [3.8, 4) is 5.75 Å². The first kappa shape index (κ1) is 15.0. The topological polar surface area (TPSA) is 122 Å². The summed E-state index contributed by atoms with van der Waals surface area (Å²) >= 11 is 5.56. The number of hydrogen-bond donors (Lipinski definition) is 2. The van der Waals surface area contributed by atoms with Gasteiger partial charge in [-0.15, -0.1) is 0 Å². The summed E-state index contributed by atoms with van der Waals surface area (Å²) in [5.74, 6) is -0.560. The molecule has 1 aromatic heterocycles. The number of phenols is 1. The van der Waals surface area contributed by atoms with Crippen LogP contribution in [0.2, 0.25) is 5.15 Å². The summed E-state index contributed by atoms with van der Waals surface area (Å²) in [5.41, 5.74) is -1.09. The van der Waals surface area contributed by atoms with Crippen LogP contribution in [0.25, 0.3) is 0 Å². The van der Waals surface area contributed by atoms with E-state index in [1.807, 2.05) is 4.72 Å². The number of sulfonamides is 1. The molecule has 2 aromatic rings. The van der Waals surface area contributed by atoms with Crippen molar-refractivity contribution in [2.45, 2.75) is 4.90 Å². The molecular formula is C11H8ClN3O5S. The summed E-state index contributed by atoms with van der Waals surface area (Å²) in [6, 6.07) is 5.87. The van der Waals surface area contributed by atoms with Crippen LogP contribution in [0.5, 0.6) is 5.75 Å². The lowest BCUT2D eigenvalue weighted by atomic mass is 10.2. The standard InChI is InChI=1S/C11H8ClN3O5S/c12-10-5-4-7(6-13-10)21(19,20)14-11-8(15(17)18)2-1-3-9(11)16/h1-6,14,16H. The van der Waals surface area contributed by atoms with E-state index in [1.54, 1.807) is 0 Å². The Morgan fingerprint density at radius 2 is 2.00 bits per heavy atom. The molecule has 0 radical (unpaired) electrons. The number of phenolic OH excluding ortho intramolecular Hbond substituents is 1. The molecule has 0 saturated heterocycles. The third-order valence-electron chi connectivity index (χ3n) is 2.46. The highest BCUT2D eigenvalue weighted by atomic mass is 35.5. The van der Waals surface area contributed by atoms with E-state index < -0.39 is 32.1 Å². The summed E-state index contributed by atoms with van der Waals surface area (Å²) < 4.78 is 26.2. The number of rotatable bonds is 4. The van der Waals surface area contributed by atoms with Crippen molar-refractivity contribution in [2.24, 2.45) is 0 Å². The van der Waals surface area contributed by atoms with Crippen molar-refractivity contribution in [1.82, 2.24) is 4.98 Å². The van der Waals surface area contributed by atoms with E-state index in [0.29, 0.717) is 0 Å². The maximum absolute atomic E-state index is 12.1. The highest BCUT2D eigenvalue weighted by Gasteiger charge is 2.24. The molecule has 0 spiro atoms. The summed E-state index contributed by atoms with van der Waals surface area (Å²) in [6.45, 7) is 0. The Bertz CT molecular complexity index is 792. The van der Waals surface area contributed by atoms with Crippen LogP contribution in [0.4, 0.5) is 11.4 Å². The van der Waals surface area contributed by atoms with E-state index in [4.69, 9.17) is 11.6 Å². The number of nitro benzene ring substituents is 1. The second-order valence-electron chi connectivity index (χ2n) is 3.85. The summed E-state index contributed by atoms with van der Waals surface area (Å²) in [5, 5.41) is 20.6. The number of nitrogens with one attached hydrogen (secondary N) is 1. The Morgan fingerprint density at radius 1 is 1.29 bits per heavy atom. The van der Waals surface area contributed by atoms with E-state index in [1.165, 1.54) is 18.2 Å². The molecule has 0 fully saturated rings. The molecule has 1 aromatic carbocycles.